The number of nitrogens with one attached hydrogen (secondary N) is 1. The normalized spacial score (nSPS) is 34.7. The van der Waals surface area contributed by atoms with Crippen LogP contribution in [0.5, 0.6) is 0 Å². The summed E-state index contributed by atoms with van der Waals surface area (Å²) in [5.41, 5.74) is 5.63. The maximum atomic E-state index is 12.5. The molecule has 0 radical (unpaired) electrons. The number of hydrogen-bond acceptors (Lipinski definition) is 2. The molecule has 0 aromatic rings. The highest BCUT2D eigenvalue weighted by atomic mass is 16.2. The Morgan fingerprint density at radius 1 is 1.33 bits per heavy atom. The number of carbonyl (C=O) groups is 1. The molecule has 3 heteroatoms. The van der Waals surface area contributed by atoms with Gasteiger partial charge in [-0.2, -0.15) is 0 Å². The number of amides is 1. The van der Waals surface area contributed by atoms with Crippen LogP contribution in [0.15, 0.2) is 0 Å². The van der Waals surface area contributed by atoms with Crippen molar-refractivity contribution in [3.05, 3.63) is 0 Å². The second-order valence-electron chi connectivity index (χ2n) is 6.38. The maximum Gasteiger partial charge on any atom is 0.227 e. The molecule has 3 nitrogen and oxygen atoms in total. The molecule has 2 fully saturated rings. The van der Waals surface area contributed by atoms with Crippen LogP contribution in [0.4, 0.5) is 0 Å². The molecular weight excluding hydrogens is 224 g/mol. The van der Waals surface area contributed by atoms with Crippen molar-refractivity contribution in [2.45, 2.75) is 64.8 Å². The van der Waals surface area contributed by atoms with Crippen LogP contribution < -0.4 is 11.1 Å². The van der Waals surface area contributed by atoms with Gasteiger partial charge in [0.05, 0.1) is 5.41 Å². The van der Waals surface area contributed by atoms with Gasteiger partial charge in [0.2, 0.25) is 5.91 Å². The molecule has 104 valence electrons. The zero-order valence-electron chi connectivity index (χ0n) is 11.9. The molecule has 0 bridgehead atoms. The summed E-state index contributed by atoms with van der Waals surface area (Å²) in [7, 11) is 0. The Morgan fingerprint density at radius 3 is 2.50 bits per heavy atom. The molecule has 0 aliphatic heterocycles. The average molecular weight is 252 g/mol. The summed E-state index contributed by atoms with van der Waals surface area (Å²) in [4.78, 5) is 12.5. The van der Waals surface area contributed by atoms with E-state index in [1.165, 1.54) is 12.8 Å². The van der Waals surface area contributed by atoms with E-state index in [4.69, 9.17) is 5.73 Å². The van der Waals surface area contributed by atoms with E-state index in [2.05, 4.69) is 19.2 Å². The molecule has 18 heavy (non-hydrogen) atoms. The van der Waals surface area contributed by atoms with Crippen LogP contribution in [-0.4, -0.2) is 18.5 Å². The number of nitrogens with two attached hydrogens (primary N) is 1. The van der Waals surface area contributed by atoms with E-state index >= 15 is 0 Å². The highest BCUT2D eigenvalue weighted by Gasteiger charge is 2.42. The molecule has 3 atom stereocenters. The molecule has 2 rings (SSSR count). The molecule has 2 aliphatic carbocycles. The minimum atomic E-state index is -0.246. The first-order valence-corrected chi connectivity index (χ1v) is 7.64. The van der Waals surface area contributed by atoms with Crippen molar-refractivity contribution in [2.24, 2.45) is 23.0 Å². The Balaban J connectivity index is 1.95. The van der Waals surface area contributed by atoms with E-state index in [0.29, 0.717) is 18.5 Å². The van der Waals surface area contributed by atoms with Crippen LogP contribution in [0.3, 0.4) is 0 Å². The number of rotatable bonds is 4. The molecule has 0 saturated heterocycles. The quantitative estimate of drug-likeness (QED) is 0.807. The first-order valence-electron chi connectivity index (χ1n) is 7.64. The van der Waals surface area contributed by atoms with Crippen LogP contribution in [0.2, 0.25) is 0 Å². The predicted molar refractivity (Wildman–Crippen MR) is 74.1 cm³/mol. The lowest BCUT2D eigenvalue weighted by Crippen LogP contribution is -2.48. The number of carbonyl (C=O) groups excluding carboxylic acids is 1. The summed E-state index contributed by atoms with van der Waals surface area (Å²) in [5.74, 6) is 1.64. The molecule has 3 N–H and O–H groups in total. The summed E-state index contributed by atoms with van der Waals surface area (Å²) < 4.78 is 0. The Kier molecular flexibility index (Phi) is 4.31. The van der Waals surface area contributed by atoms with Gasteiger partial charge < -0.3 is 11.1 Å². The minimum Gasteiger partial charge on any atom is -0.353 e. The third kappa shape index (κ3) is 2.42. The SMILES string of the molecule is CCC1CCC(NC(=O)C2(CN)CCCC2)C1C. The molecule has 3 unspecified atom stereocenters. The largest absolute Gasteiger partial charge is 0.353 e. The third-order valence-electron chi connectivity index (χ3n) is 5.50. The van der Waals surface area contributed by atoms with Gasteiger partial charge in [0.25, 0.3) is 0 Å². The van der Waals surface area contributed by atoms with Crippen LogP contribution in [0.25, 0.3) is 0 Å². The Hall–Kier alpha value is -0.570. The lowest BCUT2D eigenvalue weighted by Gasteiger charge is -2.29. The molecule has 2 aliphatic rings. The first kappa shape index (κ1) is 13.9. The molecule has 0 aromatic carbocycles. The Morgan fingerprint density at radius 2 is 2.00 bits per heavy atom. The topological polar surface area (TPSA) is 55.1 Å². The van der Waals surface area contributed by atoms with Gasteiger partial charge >= 0.3 is 0 Å². The summed E-state index contributed by atoms with van der Waals surface area (Å²) in [6, 6.07) is 0.381. The van der Waals surface area contributed by atoms with Crippen molar-refractivity contribution < 1.29 is 4.79 Å². The first-order chi connectivity index (χ1) is 8.63. The van der Waals surface area contributed by atoms with Gasteiger partial charge in [0, 0.05) is 12.6 Å². The van der Waals surface area contributed by atoms with E-state index in [0.717, 1.165) is 38.0 Å². The monoisotopic (exact) mass is 252 g/mol. The van der Waals surface area contributed by atoms with Crippen molar-refractivity contribution in [1.29, 1.82) is 0 Å². The van der Waals surface area contributed by atoms with E-state index in [1.54, 1.807) is 0 Å². The van der Waals surface area contributed by atoms with Gasteiger partial charge in [-0.3, -0.25) is 4.79 Å². The fourth-order valence-corrected chi connectivity index (χ4v) is 3.92. The molecule has 0 spiro atoms. The zero-order valence-corrected chi connectivity index (χ0v) is 11.9. The summed E-state index contributed by atoms with van der Waals surface area (Å²) >= 11 is 0. The van der Waals surface area contributed by atoms with Gasteiger partial charge in [0.15, 0.2) is 0 Å². The minimum absolute atomic E-state index is 0.233. The standard InChI is InChI=1S/C15H28N2O/c1-3-12-6-7-13(11(12)2)17-14(18)15(10-16)8-4-5-9-15/h11-13H,3-10,16H2,1-2H3,(H,17,18). The van der Waals surface area contributed by atoms with Crippen LogP contribution in [0.1, 0.15) is 58.8 Å². The predicted octanol–water partition coefficient (Wildman–Crippen LogP) is 2.45. The lowest BCUT2D eigenvalue weighted by atomic mass is 9.84. The second-order valence-corrected chi connectivity index (χ2v) is 6.38. The fourth-order valence-electron chi connectivity index (χ4n) is 3.92. The molecule has 2 saturated carbocycles. The van der Waals surface area contributed by atoms with Crippen LogP contribution >= 0.6 is 0 Å². The molecule has 0 heterocycles. The van der Waals surface area contributed by atoms with E-state index in [-0.39, 0.29) is 11.3 Å². The highest BCUT2D eigenvalue weighted by molar-refractivity contribution is 5.83. The summed E-state index contributed by atoms with van der Waals surface area (Å²) in [6.45, 7) is 5.05. The van der Waals surface area contributed by atoms with Crippen molar-refractivity contribution in [3.63, 3.8) is 0 Å². The van der Waals surface area contributed by atoms with Crippen molar-refractivity contribution in [1.82, 2.24) is 5.32 Å². The van der Waals surface area contributed by atoms with Gasteiger partial charge in [-0.1, -0.05) is 33.1 Å². The van der Waals surface area contributed by atoms with Crippen LogP contribution in [0, 0.1) is 17.3 Å². The lowest BCUT2D eigenvalue weighted by molar-refractivity contribution is -0.131. The van der Waals surface area contributed by atoms with Gasteiger partial charge in [0.1, 0.15) is 0 Å². The van der Waals surface area contributed by atoms with Crippen molar-refractivity contribution in [2.75, 3.05) is 6.54 Å². The van der Waals surface area contributed by atoms with Crippen molar-refractivity contribution in [3.8, 4) is 0 Å². The second kappa shape index (κ2) is 5.60. The number of hydrogen-bond donors (Lipinski definition) is 2. The molecule has 0 aromatic heterocycles. The van der Waals surface area contributed by atoms with E-state index < -0.39 is 0 Å². The highest BCUT2D eigenvalue weighted by Crippen LogP contribution is 2.39. The molecule has 1 amide bonds. The van der Waals surface area contributed by atoms with E-state index in [9.17, 15) is 4.79 Å². The summed E-state index contributed by atoms with van der Waals surface area (Å²) in [5, 5.41) is 3.31. The smallest absolute Gasteiger partial charge is 0.227 e. The fraction of sp³-hybridized carbons (Fsp3) is 0.933. The third-order valence-corrected chi connectivity index (χ3v) is 5.50. The van der Waals surface area contributed by atoms with Gasteiger partial charge in [-0.05, 0) is 37.5 Å². The zero-order chi connectivity index (χ0) is 13.2. The van der Waals surface area contributed by atoms with Gasteiger partial charge in [-0.15, -0.1) is 0 Å². The van der Waals surface area contributed by atoms with Crippen molar-refractivity contribution >= 4 is 5.91 Å². The Bertz CT molecular complexity index is 297. The van der Waals surface area contributed by atoms with Crippen LogP contribution in [-0.2, 0) is 4.79 Å². The summed E-state index contributed by atoms with van der Waals surface area (Å²) in [6.07, 6.45) is 7.91. The Labute approximate surface area is 111 Å². The average Bonchev–Trinajstić information content (AvgIpc) is 2.98. The van der Waals surface area contributed by atoms with E-state index in [1.807, 2.05) is 0 Å². The maximum absolute atomic E-state index is 12.5. The van der Waals surface area contributed by atoms with Gasteiger partial charge in [-0.25, -0.2) is 0 Å². The molecular formula is C15H28N2O.